The van der Waals surface area contributed by atoms with E-state index in [1.54, 1.807) is 7.11 Å². The zero-order chi connectivity index (χ0) is 13.1. The molecule has 0 radical (unpaired) electrons. The van der Waals surface area contributed by atoms with Crippen molar-refractivity contribution in [2.24, 2.45) is 0 Å². The van der Waals surface area contributed by atoms with Crippen LogP contribution < -0.4 is 0 Å². The molecule has 0 amide bonds. The second kappa shape index (κ2) is 5.78. The van der Waals surface area contributed by atoms with E-state index in [2.05, 4.69) is 25.9 Å². The van der Waals surface area contributed by atoms with Gasteiger partial charge in [-0.3, -0.25) is 0 Å². The number of hydrogen-bond acceptors (Lipinski definition) is 3. The number of ether oxygens (including phenoxy) is 1. The number of hydrogen-bond donors (Lipinski definition) is 0. The van der Waals surface area contributed by atoms with Gasteiger partial charge < -0.3 is 4.74 Å². The normalized spacial score (nSPS) is 10.7. The summed E-state index contributed by atoms with van der Waals surface area (Å²) in [7, 11) is 1.66. The molecule has 0 aliphatic carbocycles. The fraction of sp³-hybridized carbons (Fsp3) is 0.231. The lowest BCUT2D eigenvalue weighted by molar-refractivity contribution is 0.185. The molecule has 0 atom stereocenters. The van der Waals surface area contributed by atoms with Crippen LogP contribution in [-0.4, -0.2) is 17.1 Å². The van der Waals surface area contributed by atoms with Crippen LogP contribution in [0.15, 0.2) is 28.7 Å². The molecule has 0 unspecified atom stereocenters. The number of aryl methyl sites for hydroxylation is 1. The van der Waals surface area contributed by atoms with E-state index < -0.39 is 0 Å². The van der Waals surface area contributed by atoms with Crippen LogP contribution in [0.2, 0.25) is 5.15 Å². The van der Waals surface area contributed by atoms with Gasteiger partial charge in [-0.05, 0) is 28.4 Å². The Labute approximate surface area is 119 Å². The van der Waals surface area contributed by atoms with Crippen LogP contribution in [0.3, 0.4) is 0 Å². The molecular formula is C13H12BrClN2O. The Morgan fingerprint density at radius 2 is 2.00 bits per heavy atom. The molecule has 0 bridgehead atoms. The van der Waals surface area contributed by atoms with E-state index in [0.29, 0.717) is 17.6 Å². The molecule has 1 heterocycles. The van der Waals surface area contributed by atoms with Gasteiger partial charge in [0.1, 0.15) is 5.15 Å². The zero-order valence-corrected chi connectivity index (χ0v) is 12.4. The lowest BCUT2D eigenvalue weighted by atomic mass is 10.1. The lowest BCUT2D eigenvalue weighted by Crippen LogP contribution is -1.98. The van der Waals surface area contributed by atoms with Crippen LogP contribution in [0.4, 0.5) is 0 Å². The van der Waals surface area contributed by atoms with Crippen molar-refractivity contribution in [2.45, 2.75) is 13.5 Å². The maximum Gasteiger partial charge on any atom is 0.161 e. The van der Waals surface area contributed by atoms with Gasteiger partial charge in [0.25, 0.3) is 0 Å². The molecule has 18 heavy (non-hydrogen) atoms. The highest BCUT2D eigenvalue weighted by molar-refractivity contribution is 9.10. The first-order chi connectivity index (χ1) is 8.63. The second-order valence-corrected chi connectivity index (χ2v) is 4.98. The second-order valence-electron chi connectivity index (χ2n) is 3.83. The highest BCUT2D eigenvalue weighted by atomic mass is 79.9. The quantitative estimate of drug-likeness (QED) is 0.799. The summed E-state index contributed by atoms with van der Waals surface area (Å²) in [6.07, 6.45) is 0. The summed E-state index contributed by atoms with van der Waals surface area (Å²) in [5.41, 5.74) is 2.80. The lowest BCUT2D eigenvalue weighted by Gasteiger charge is -2.09. The Morgan fingerprint density at radius 3 is 2.67 bits per heavy atom. The molecule has 0 aliphatic heterocycles. The molecular weight excluding hydrogens is 316 g/mol. The fourth-order valence-corrected chi connectivity index (χ4v) is 2.06. The van der Waals surface area contributed by atoms with E-state index in [-0.39, 0.29) is 0 Å². The van der Waals surface area contributed by atoms with Crippen molar-refractivity contribution in [3.63, 3.8) is 0 Å². The third-order valence-corrected chi connectivity index (χ3v) is 3.99. The summed E-state index contributed by atoms with van der Waals surface area (Å²) in [5, 5.41) is 0.421. The molecule has 0 N–H and O–H groups in total. The molecule has 1 aromatic heterocycles. The standard InChI is InChI=1S/C13H12BrClN2O/c1-8-11(14)12(15)17-13(16-8)10-6-4-3-5-9(10)7-18-2/h3-6H,7H2,1-2H3. The molecule has 0 fully saturated rings. The van der Waals surface area contributed by atoms with Crippen molar-refractivity contribution in [3.05, 3.63) is 45.1 Å². The Bertz CT molecular complexity index is 552. The minimum Gasteiger partial charge on any atom is -0.380 e. The maximum absolute atomic E-state index is 6.07. The van der Waals surface area contributed by atoms with E-state index in [1.807, 2.05) is 31.2 Å². The Hall–Kier alpha value is -0.970. The highest BCUT2D eigenvalue weighted by Gasteiger charge is 2.11. The minimum absolute atomic E-state index is 0.421. The average Bonchev–Trinajstić information content (AvgIpc) is 2.36. The third kappa shape index (κ3) is 2.71. The van der Waals surface area contributed by atoms with E-state index >= 15 is 0 Å². The van der Waals surface area contributed by atoms with Gasteiger partial charge in [0, 0.05) is 12.7 Å². The summed E-state index contributed by atoms with van der Waals surface area (Å²) in [4.78, 5) is 8.75. The summed E-state index contributed by atoms with van der Waals surface area (Å²) in [5.74, 6) is 0.619. The molecule has 0 saturated heterocycles. The van der Waals surface area contributed by atoms with Gasteiger partial charge >= 0.3 is 0 Å². The molecule has 3 nitrogen and oxygen atoms in total. The van der Waals surface area contributed by atoms with E-state index in [4.69, 9.17) is 16.3 Å². The van der Waals surface area contributed by atoms with Gasteiger partial charge in [0.2, 0.25) is 0 Å². The molecule has 2 aromatic rings. The molecule has 0 aliphatic rings. The largest absolute Gasteiger partial charge is 0.380 e. The number of aromatic nitrogens is 2. The van der Waals surface area contributed by atoms with Gasteiger partial charge in [-0.1, -0.05) is 35.9 Å². The van der Waals surface area contributed by atoms with Crippen molar-refractivity contribution in [1.82, 2.24) is 9.97 Å². The minimum atomic E-state index is 0.421. The van der Waals surface area contributed by atoms with Crippen molar-refractivity contribution < 1.29 is 4.74 Å². The zero-order valence-electron chi connectivity index (χ0n) is 10.1. The number of benzene rings is 1. The molecule has 5 heteroatoms. The van der Waals surface area contributed by atoms with Crippen LogP contribution in [0.25, 0.3) is 11.4 Å². The van der Waals surface area contributed by atoms with Gasteiger partial charge in [0.05, 0.1) is 16.8 Å². The first-order valence-corrected chi connectivity index (χ1v) is 6.57. The van der Waals surface area contributed by atoms with Gasteiger partial charge in [0.15, 0.2) is 5.82 Å². The van der Waals surface area contributed by atoms with Crippen molar-refractivity contribution in [3.8, 4) is 11.4 Å². The van der Waals surface area contributed by atoms with Crippen molar-refractivity contribution in [2.75, 3.05) is 7.11 Å². The number of halogens is 2. The van der Waals surface area contributed by atoms with Gasteiger partial charge in [-0.15, -0.1) is 0 Å². The molecule has 0 spiro atoms. The van der Waals surface area contributed by atoms with Gasteiger partial charge in [-0.2, -0.15) is 0 Å². The Morgan fingerprint density at radius 1 is 1.28 bits per heavy atom. The van der Waals surface area contributed by atoms with Crippen molar-refractivity contribution >= 4 is 27.5 Å². The van der Waals surface area contributed by atoms with E-state index in [1.165, 1.54) is 0 Å². The fourth-order valence-electron chi connectivity index (χ4n) is 1.66. The summed E-state index contributed by atoms with van der Waals surface area (Å²) >= 11 is 9.42. The van der Waals surface area contributed by atoms with Crippen LogP contribution in [0.1, 0.15) is 11.3 Å². The number of nitrogens with zero attached hydrogens (tertiary/aromatic N) is 2. The topological polar surface area (TPSA) is 35.0 Å². The van der Waals surface area contributed by atoms with Crippen LogP contribution in [0.5, 0.6) is 0 Å². The highest BCUT2D eigenvalue weighted by Crippen LogP contribution is 2.28. The van der Waals surface area contributed by atoms with E-state index in [0.717, 1.165) is 21.3 Å². The number of rotatable bonds is 3. The van der Waals surface area contributed by atoms with Crippen LogP contribution in [0, 0.1) is 6.92 Å². The van der Waals surface area contributed by atoms with E-state index in [9.17, 15) is 0 Å². The molecule has 94 valence electrons. The predicted octanol–water partition coefficient (Wildman–Crippen LogP) is 4.01. The Balaban J connectivity index is 2.55. The smallest absolute Gasteiger partial charge is 0.161 e. The third-order valence-electron chi connectivity index (χ3n) is 2.53. The average molecular weight is 328 g/mol. The van der Waals surface area contributed by atoms with Crippen molar-refractivity contribution in [1.29, 1.82) is 0 Å². The monoisotopic (exact) mass is 326 g/mol. The molecule has 2 rings (SSSR count). The number of methoxy groups -OCH3 is 1. The van der Waals surface area contributed by atoms with Crippen LogP contribution >= 0.6 is 27.5 Å². The summed E-state index contributed by atoms with van der Waals surface area (Å²) in [6, 6.07) is 7.87. The Kier molecular flexibility index (Phi) is 4.32. The summed E-state index contributed by atoms with van der Waals surface area (Å²) < 4.78 is 5.91. The first kappa shape index (κ1) is 13.5. The van der Waals surface area contributed by atoms with Crippen LogP contribution in [-0.2, 0) is 11.3 Å². The van der Waals surface area contributed by atoms with Gasteiger partial charge in [-0.25, -0.2) is 9.97 Å². The molecule has 0 saturated carbocycles. The first-order valence-electron chi connectivity index (χ1n) is 5.40. The predicted molar refractivity (Wildman–Crippen MR) is 75.6 cm³/mol. The SMILES string of the molecule is COCc1ccccc1-c1nc(C)c(Br)c(Cl)n1. The summed E-state index contributed by atoms with van der Waals surface area (Å²) in [6.45, 7) is 2.41. The maximum atomic E-state index is 6.07. The molecule has 1 aromatic carbocycles.